The van der Waals surface area contributed by atoms with Gasteiger partial charge in [-0.25, -0.2) is 0 Å². The van der Waals surface area contributed by atoms with Gasteiger partial charge in [-0.3, -0.25) is 0 Å². The van der Waals surface area contributed by atoms with Crippen molar-refractivity contribution in [2.24, 2.45) is 0 Å². The summed E-state index contributed by atoms with van der Waals surface area (Å²) in [6.45, 7) is 2.25. The molecule has 1 nitrogen and oxygen atoms in total. The zero-order chi connectivity index (χ0) is 8.39. The molecule has 0 aromatic carbocycles. The summed E-state index contributed by atoms with van der Waals surface area (Å²) in [6, 6.07) is 5.02. The van der Waals surface area contributed by atoms with E-state index >= 15 is 0 Å². The van der Waals surface area contributed by atoms with Crippen molar-refractivity contribution in [1.82, 2.24) is 4.57 Å². The van der Waals surface area contributed by atoms with E-state index in [4.69, 9.17) is 0 Å². The molecule has 0 radical (unpaired) electrons. The Balaban J connectivity index is 2.26. The lowest BCUT2D eigenvalue weighted by Gasteiger charge is -2.22. The number of fused-ring (bicyclic) bond motifs is 1. The van der Waals surface area contributed by atoms with Crippen LogP contribution in [0, 0.1) is 0 Å². The quantitative estimate of drug-likeness (QED) is 0.627. The minimum Gasteiger partial charge on any atom is -0.345 e. The maximum Gasteiger partial charge on any atom is 0.0406 e. The van der Waals surface area contributed by atoms with Gasteiger partial charge in [0.2, 0.25) is 0 Å². The van der Waals surface area contributed by atoms with E-state index in [1.807, 2.05) is 0 Å². The predicted octanol–water partition coefficient (Wildman–Crippen LogP) is 3.25. The van der Waals surface area contributed by atoms with E-state index in [-0.39, 0.29) is 0 Å². The molecule has 2 heterocycles. The van der Waals surface area contributed by atoms with Crippen LogP contribution in [0.5, 0.6) is 0 Å². The van der Waals surface area contributed by atoms with Crippen molar-refractivity contribution in [2.45, 2.75) is 32.2 Å². The van der Waals surface area contributed by atoms with Crippen LogP contribution in [0.2, 0.25) is 0 Å². The van der Waals surface area contributed by atoms with Crippen molar-refractivity contribution in [3.8, 4) is 0 Å². The van der Waals surface area contributed by atoms with Crippen LogP contribution in [0.4, 0.5) is 0 Å². The first-order valence-electron chi connectivity index (χ1n) is 4.75. The maximum atomic E-state index is 2.39. The third-order valence-corrected chi connectivity index (χ3v) is 2.52. The molecule has 0 saturated carbocycles. The van der Waals surface area contributed by atoms with E-state index < -0.39 is 0 Å². The third kappa shape index (κ3) is 1.20. The Labute approximate surface area is 73.7 Å². The van der Waals surface area contributed by atoms with E-state index in [2.05, 4.69) is 42.0 Å². The highest BCUT2D eigenvalue weighted by molar-refractivity contribution is 5.47. The highest BCUT2D eigenvalue weighted by Crippen LogP contribution is 2.26. The van der Waals surface area contributed by atoms with Gasteiger partial charge in [0.05, 0.1) is 0 Å². The lowest BCUT2D eigenvalue weighted by atomic mass is 10.0. The van der Waals surface area contributed by atoms with Crippen LogP contribution < -0.4 is 0 Å². The van der Waals surface area contributed by atoms with Gasteiger partial charge in [0.25, 0.3) is 0 Å². The SMILES string of the molecule is CCC[C@@H]1CC=Cc2cccn21. The first kappa shape index (κ1) is 7.66. The van der Waals surface area contributed by atoms with Crippen LogP contribution in [0.15, 0.2) is 24.4 Å². The Morgan fingerprint density at radius 2 is 2.50 bits per heavy atom. The van der Waals surface area contributed by atoms with Gasteiger partial charge in [0.1, 0.15) is 0 Å². The molecular formula is C11H15N. The minimum absolute atomic E-state index is 0.713. The highest BCUT2D eigenvalue weighted by atomic mass is 15.0. The summed E-state index contributed by atoms with van der Waals surface area (Å²) in [7, 11) is 0. The Morgan fingerprint density at radius 1 is 1.58 bits per heavy atom. The fourth-order valence-electron chi connectivity index (χ4n) is 1.93. The molecule has 0 N–H and O–H groups in total. The van der Waals surface area contributed by atoms with Crippen LogP contribution in [-0.4, -0.2) is 4.57 Å². The molecule has 0 spiro atoms. The van der Waals surface area contributed by atoms with E-state index in [1.54, 1.807) is 0 Å². The number of hydrogen-bond acceptors (Lipinski definition) is 0. The van der Waals surface area contributed by atoms with Crippen LogP contribution in [-0.2, 0) is 0 Å². The number of rotatable bonds is 2. The molecule has 12 heavy (non-hydrogen) atoms. The van der Waals surface area contributed by atoms with Gasteiger partial charge in [0, 0.05) is 17.9 Å². The Bertz CT molecular complexity index is 283. The van der Waals surface area contributed by atoms with Gasteiger partial charge in [-0.05, 0) is 31.1 Å². The maximum absolute atomic E-state index is 2.39. The molecule has 0 unspecified atom stereocenters. The smallest absolute Gasteiger partial charge is 0.0406 e. The lowest BCUT2D eigenvalue weighted by molar-refractivity contribution is 0.459. The normalized spacial score (nSPS) is 20.9. The second-order valence-corrected chi connectivity index (χ2v) is 3.42. The predicted molar refractivity (Wildman–Crippen MR) is 52.0 cm³/mol. The molecule has 0 aliphatic carbocycles. The van der Waals surface area contributed by atoms with Gasteiger partial charge >= 0.3 is 0 Å². The molecular weight excluding hydrogens is 146 g/mol. The van der Waals surface area contributed by atoms with Crippen molar-refractivity contribution >= 4 is 6.08 Å². The fourth-order valence-corrected chi connectivity index (χ4v) is 1.93. The first-order chi connectivity index (χ1) is 5.92. The Hall–Kier alpha value is -0.980. The molecule has 2 rings (SSSR count). The number of nitrogens with zero attached hydrogens (tertiary/aromatic N) is 1. The van der Waals surface area contributed by atoms with E-state index in [1.165, 1.54) is 25.0 Å². The zero-order valence-corrected chi connectivity index (χ0v) is 7.53. The number of aromatic nitrogens is 1. The van der Waals surface area contributed by atoms with Gasteiger partial charge in [0.15, 0.2) is 0 Å². The molecule has 1 aromatic rings. The largest absolute Gasteiger partial charge is 0.345 e. The van der Waals surface area contributed by atoms with Crippen LogP contribution >= 0.6 is 0 Å². The topological polar surface area (TPSA) is 4.93 Å². The summed E-state index contributed by atoms with van der Waals surface area (Å²) in [4.78, 5) is 0. The van der Waals surface area contributed by atoms with Crippen molar-refractivity contribution in [3.05, 3.63) is 30.1 Å². The summed E-state index contributed by atoms with van der Waals surface area (Å²) < 4.78 is 2.39. The van der Waals surface area contributed by atoms with E-state index in [0.29, 0.717) is 6.04 Å². The second-order valence-electron chi connectivity index (χ2n) is 3.42. The lowest BCUT2D eigenvalue weighted by Crippen LogP contribution is -2.11. The van der Waals surface area contributed by atoms with Crippen molar-refractivity contribution < 1.29 is 0 Å². The Morgan fingerprint density at radius 3 is 3.33 bits per heavy atom. The third-order valence-electron chi connectivity index (χ3n) is 2.52. The summed E-state index contributed by atoms with van der Waals surface area (Å²) in [5, 5.41) is 0. The molecule has 1 aromatic heterocycles. The second kappa shape index (κ2) is 3.18. The average molecular weight is 161 g/mol. The molecule has 1 atom stereocenters. The van der Waals surface area contributed by atoms with Crippen LogP contribution in [0.3, 0.4) is 0 Å². The molecule has 1 aliphatic heterocycles. The minimum atomic E-state index is 0.713. The number of allylic oxidation sites excluding steroid dienone is 1. The molecule has 0 amide bonds. The zero-order valence-electron chi connectivity index (χ0n) is 7.53. The van der Waals surface area contributed by atoms with E-state index in [9.17, 15) is 0 Å². The molecule has 0 fully saturated rings. The van der Waals surface area contributed by atoms with E-state index in [0.717, 1.165) is 0 Å². The average Bonchev–Trinajstić information content (AvgIpc) is 2.53. The van der Waals surface area contributed by atoms with Crippen molar-refractivity contribution in [3.63, 3.8) is 0 Å². The van der Waals surface area contributed by atoms with Gasteiger partial charge in [-0.1, -0.05) is 19.4 Å². The van der Waals surface area contributed by atoms with Crippen molar-refractivity contribution in [2.75, 3.05) is 0 Å². The highest BCUT2D eigenvalue weighted by Gasteiger charge is 2.12. The Kier molecular flexibility index (Phi) is 2.03. The summed E-state index contributed by atoms with van der Waals surface area (Å²) in [5.41, 5.74) is 1.36. The molecule has 1 heteroatoms. The van der Waals surface area contributed by atoms with Gasteiger partial charge < -0.3 is 4.57 Å². The summed E-state index contributed by atoms with van der Waals surface area (Å²) in [6.07, 6.45) is 10.5. The number of hydrogen-bond donors (Lipinski definition) is 0. The summed E-state index contributed by atoms with van der Waals surface area (Å²) >= 11 is 0. The molecule has 0 bridgehead atoms. The first-order valence-corrected chi connectivity index (χ1v) is 4.75. The molecule has 0 saturated heterocycles. The van der Waals surface area contributed by atoms with Gasteiger partial charge in [-0.15, -0.1) is 0 Å². The molecule has 64 valence electrons. The monoisotopic (exact) mass is 161 g/mol. The van der Waals surface area contributed by atoms with Crippen LogP contribution in [0.25, 0.3) is 6.08 Å². The van der Waals surface area contributed by atoms with Crippen molar-refractivity contribution in [1.29, 1.82) is 0 Å². The summed E-state index contributed by atoms with van der Waals surface area (Å²) in [5.74, 6) is 0. The molecule has 1 aliphatic rings. The van der Waals surface area contributed by atoms with Gasteiger partial charge in [-0.2, -0.15) is 0 Å². The fraction of sp³-hybridized carbons (Fsp3) is 0.455. The standard InChI is InChI=1S/C11H15N/c1-2-5-10-6-3-7-11-8-4-9-12(10)11/h3-4,7-10H,2,5-6H2,1H3/t10-/m1/s1. The van der Waals surface area contributed by atoms with Crippen LogP contribution in [0.1, 0.15) is 37.9 Å².